The van der Waals surface area contributed by atoms with Crippen molar-refractivity contribution in [3.63, 3.8) is 0 Å². The van der Waals surface area contributed by atoms with Gasteiger partial charge in [-0.1, -0.05) is 35.9 Å². The molecule has 0 spiro atoms. The molecule has 9 heteroatoms. The zero-order chi connectivity index (χ0) is 21.5. The number of hydrogen-bond acceptors (Lipinski definition) is 3. The average Bonchev–Trinajstić information content (AvgIpc) is 2.73. The monoisotopic (exact) mass is 453 g/mol. The van der Waals surface area contributed by atoms with Crippen LogP contribution in [0.4, 0.5) is 18.9 Å². The van der Waals surface area contributed by atoms with Gasteiger partial charge >= 0.3 is 6.18 Å². The summed E-state index contributed by atoms with van der Waals surface area (Å²) in [5.41, 5.74) is 0.780. The normalized spacial score (nSPS) is 14.2. The zero-order valence-electron chi connectivity index (χ0n) is 15.4. The maximum Gasteiger partial charge on any atom is 0.416 e. The second-order valence-electron chi connectivity index (χ2n) is 6.64. The zero-order valence-corrected chi connectivity index (χ0v) is 16.9. The first-order valence-corrected chi connectivity index (χ1v) is 10.7. The largest absolute Gasteiger partial charge is 0.489 e. The first-order chi connectivity index (χ1) is 14.2. The second kappa shape index (κ2) is 7.52. The molecular weight excluding hydrogens is 439 g/mol. The Labute approximate surface area is 176 Å². The Bertz CT molecular complexity index is 1190. The Kier molecular flexibility index (Phi) is 5.15. The average molecular weight is 454 g/mol. The van der Waals surface area contributed by atoms with E-state index in [1.165, 1.54) is 0 Å². The molecule has 1 heterocycles. The minimum atomic E-state index is -4.64. The van der Waals surface area contributed by atoms with Gasteiger partial charge in [-0.15, -0.1) is 0 Å². The maximum absolute atomic E-state index is 13.2. The van der Waals surface area contributed by atoms with Crippen LogP contribution in [-0.2, 0) is 16.2 Å². The summed E-state index contributed by atoms with van der Waals surface area (Å²) >= 11 is 5.92. The number of anilines is 1. The number of hydrogen-bond donors (Lipinski definition) is 0. The van der Waals surface area contributed by atoms with Gasteiger partial charge in [0.1, 0.15) is 12.4 Å². The van der Waals surface area contributed by atoms with Gasteiger partial charge in [0.2, 0.25) is 0 Å². The maximum atomic E-state index is 13.2. The molecule has 156 valence electrons. The Hall–Kier alpha value is -2.71. The summed E-state index contributed by atoms with van der Waals surface area (Å²) in [6.07, 6.45) is -4.64. The van der Waals surface area contributed by atoms with Gasteiger partial charge in [-0.2, -0.15) is 13.2 Å². The molecule has 1 aliphatic heterocycles. The number of benzene rings is 3. The van der Waals surface area contributed by atoms with Crippen molar-refractivity contribution in [1.82, 2.24) is 0 Å². The molecule has 0 saturated carbocycles. The Morgan fingerprint density at radius 3 is 2.33 bits per heavy atom. The highest BCUT2D eigenvalue weighted by atomic mass is 35.5. The minimum absolute atomic E-state index is 0.0182. The van der Waals surface area contributed by atoms with Crippen LogP contribution in [0.5, 0.6) is 5.75 Å². The van der Waals surface area contributed by atoms with Gasteiger partial charge in [0, 0.05) is 5.02 Å². The van der Waals surface area contributed by atoms with E-state index in [0.717, 1.165) is 33.6 Å². The van der Waals surface area contributed by atoms with E-state index >= 15 is 0 Å². The number of nitrogens with zero attached hydrogens (tertiary/aromatic N) is 1. The molecule has 0 fully saturated rings. The van der Waals surface area contributed by atoms with E-state index in [2.05, 4.69) is 0 Å². The van der Waals surface area contributed by atoms with E-state index in [4.69, 9.17) is 16.3 Å². The third kappa shape index (κ3) is 3.85. The van der Waals surface area contributed by atoms with Crippen molar-refractivity contribution in [3.05, 3.63) is 77.3 Å². The highest BCUT2D eigenvalue weighted by Crippen LogP contribution is 2.39. The fraction of sp³-hybridized carbons (Fsp3) is 0.143. The van der Waals surface area contributed by atoms with Gasteiger partial charge in [0.05, 0.1) is 22.7 Å². The Morgan fingerprint density at radius 2 is 1.63 bits per heavy atom. The lowest BCUT2D eigenvalue weighted by molar-refractivity contribution is -0.137. The van der Waals surface area contributed by atoms with Crippen molar-refractivity contribution in [3.8, 4) is 16.9 Å². The van der Waals surface area contributed by atoms with Crippen LogP contribution in [0.3, 0.4) is 0 Å². The van der Waals surface area contributed by atoms with E-state index in [0.29, 0.717) is 16.8 Å². The lowest BCUT2D eigenvalue weighted by Gasteiger charge is -2.31. The number of alkyl halides is 3. The molecule has 4 nitrogen and oxygen atoms in total. The summed E-state index contributed by atoms with van der Waals surface area (Å²) in [6, 6.07) is 15.8. The van der Waals surface area contributed by atoms with Crippen molar-refractivity contribution in [2.45, 2.75) is 11.1 Å². The van der Waals surface area contributed by atoms with E-state index in [1.54, 1.807) is 42.5 Å². The summed E-state index contributed by atoms with van der Waals surface area (Å²) in [7, 11) is -4.23. The smallest absolute Gasteiger partial charge is 0.416 e. The van der Waals surface area contributed by atoms with Crippen LogP contribution in [0.1, 0.15) is 5.56 Å². The van der Waals surface area contributed by atoms with Crippen LogP contribution in [0.25, 0.3) is 11.1 Å². The molecular formula is C21H15ClF3NO3S. The SMILES string of the molecule is O=S(=O)(c1cccc(C(F)(F)F)c1)N1CCOc2ccc(-c3ccc(Cl)cc3)cc21. The summed E-state index contributed by atoms with van der Waals surface area (Å²) in [4.78, 5) is -0.429. The van der Waals surface area contributed by atoms with Crippen LogP contribution >= 0.6 is 11.6 Å². The van der Waals surface area contributed by atoms with Crippen molar-refractivity contribution in [2.24, 2.45) is 0 Å². The number of halogens is 4. The molecule has 0 aliphatic carbocycles. The van der Waals surface area contributed by atoms with Crippen molar-refractivity contribution < 1.29 is 26.3 Å². The third-order valence-electron chi connectivity index (χ3n) is 4.71. The quantitative estimate of drug-likeness (QED) is 0.517. The Morgan fingerprint density at radius 1 is 0.933 bits per heavy atom. The molecule has 0 N–H and O–H groups in total. The molecule has 0 bridgehead atoms. The van der Waals surface area contributed by atoms with Crippen LogP contribution in [0, 0.1) is 0 Å². The molecule has 4 rings (SSSR count). The van der Waals surface area contributed by atoms with Gasteiger partial charge < -0.3 is 4.74 Å². The molecule has 3 aromatic carbocycles. The molecule has 0 radical (unpaired) electrons. The summed E-state index contributed by atoms with van der Waals surface area (Å²) < 4.78 is 72.3. The topological polar surface area (TPSA) is 46.6 Å². The molecule has 0 aromatic heterocycles. The van der Waals surface area contributed by atoms with Crippen molar-refractivity contribution in [1.29, 1.82) is 0 Å². The highest BCUT2D eigenvalue weighted by molar-refractivity contribution is 7.92. The number of rotatable bonds is 3. The number of ether oxygens (including phenoxy) is 1. The van der Waals surface area contributed by atoms with Crippen LogP contribution in [0.2, 0.25) is 5.02 Å². The van der Waals surface area contributed by atoms with Crippen LogP contribution in [0.15, 0.2) is 71.6 Å². The predicted molar refractivity (Wildman–Crippen MR) is 108 cm³/mol. The minimum Gasteiger partial charge on any atom is -0.489 e. The standard InChI is InChI=1S/C21H15ClF3NO3S/c22-17-7-4-14(5-8-17)15-6-9-20-19(12-15)26(10-11-29-20)30(27,28)18-3-1-2-16(13-18)21(23,24)25/h1-9,12-13H,10-11H2. The van der Waals surface area contributed by atoms with Crippen molar-refractivity contribution in [2.75, 3.05) is 17.5 Å². The van der Waals surface area contributed by atoms with Gasteiger partial charge in [-0.25, -0.2) is 8.42 Å². The van der Waals surface area contributed by atoms with E-state index < -0.39 is 26.7 Å². The van der Waals surface area contributed by atoms with Gasteiger partial charge in [0.25, 0.3) is 10.0 Å². The molecule has 3 aromatic rings. The molecule has 0 atom stereocenters. The van der Waals surface area contributed by atoms with E-state index in [-0.39, 0.29) is 18.8 Å². The summed E-state index contributed by atoms with van der Waals surface area (Å²) in [5, 5.41) is 0.564. The van der Waals surface area contributed by atoms with Gasteiger partial charge in [0.15, 0.2) is 0 Å². The van der Waals surface area contributed by atoms with E-state index in [9.17, 15) is 21.6 Å². The lowest BCUT2D eigenvalue weighted by Crippen LogP contribution is -2.38. The molecule has 30 heavy (non-hydrogen) atoms. The highest BCUT2D eigenvalue weighted by Gasteiger charge is 2.34. The number of sulfonamides is 1. The predicted octanol–water partition coefficient (Wildman–Crippen LogP) is 5.61. The molecule has 1 aliphatic rings. The first kappa shape index (κ1) is 20.6. The fourth-order valence-corrected chi connectivity index (χ4v) is 4.85. The second-order valence-corrected chi connectivity index (χ2v) is 8.94. The van der Waals surface area contributed by atoms with Crippen LogP contribution in [-0.4, -0.2) is 21.6 Å². The number of fused-ring (bicyclic) bond motifs is 1. The molecule has 0 amide bonds. The Balaban J connectivity index is 1.78. The van der Waals surface area contributed by atoms with Gasteiger partial charge in [-0.05, 0) is 53.6 Å². The summed E-state index contributed by atoms with van der Waals surface area (Å²) in [5.74, 6) is 0.342. The van der Waals surface area contributed by atoms with Crippen LogP contribution < -0.4 is 9.04 Å². The van der Waals surface area contributed by atoms with Crippen molar-refractivity contribution >= 4 is 27.3 Å². The lowest BCUT2D eigenvalue weighted by atomic mass is 10.0. The summed E-state index contributed by atoms with van der Waals surface area (Å²) in [6.45, 7) is 0.0706. The molecule has 0 saturated heterocycles. The molecule has 0 unspecified atom stereocenters. The van der Waals surface area contributed by atoms with E-state index in [1.807, 2.05) is 0 Å². The first-order valence-electron chi connectivity index (χ1n) is 8.89. The third-order valence-corrected chi connectivity index (χ3v) is 6.77. The van der Waals surface area contributed by atoms with Gasteiger partial charge in [-0.3, -0.25) is 4.31 Å². The fourth-order valence-electron chi connectivity index (χ4n) is 3.22.